The lowest BCUT2D eigenvalue weighted by Crippen LogP contribution is -2.61. The maximum absolute atomic E-state index is 13.1. The average molecular weight is 702 g/mol. The number of amides is 2. The first-order valence-corrected chi connectivity index (χ1v) is 18.2. The molecule has 4 saturated carbocycles. The zero-order chi connectivity index (χ0) is 33.5. The molecule has 3 aromatic carbocycles. The quantitative estimate of drug-likeness (QED) is 0.163. The number of nitrogens with zero attached hydrogens (tertiary/aromatic N) is 2. The predicted molar refractivity (Wildman–Crippen MR) is 189 cm³/mol. The Bertz CT molecular complexity index is 1780. The van der Waals surface area contributed by atoms with E-state index in [2.05, 4.69) is 45.9 Å². The van der Waals surface area contributed by atoms with Gasteiger partial charge in [0.15, 0.2) is 11.4 Å². The molecule has 0 radical (unpaired) electrons. The number of imidazole rings is 1. The Labute approximate surface area is 297 Å². The Hall–Kier alpha value is -3.40. The van der Waals surface area contributed by atoms with Gasteiger partial charge in [-0.2, -0.15) is 0 Å². The second kappa shape index (κ2) is 13.7. The van der Waals surface area contributed by atoms with Crippen LogP contribution in [0.5, 0.6) is 0 Å². The smallest absolute Gasteiger partial charge is 0.315 e. The zero-order valence-corrected chi connectivity index (χ0v) is 28.9. The minimum Gasteiger partial charge on any atom is -0.392 e. The lowest BCUT2D eigenvalue weighted by atomic mass is 9.53. The van der Waals surface area contributed by atoms with Crippen molar-refractivity contribution in [2.45, 2.75) is 88.7 Å². The molecule has 1 saturated heterocycles. The highest BCUT2D eigenvalue weighted by Crippen LogP contribution is 2.55. The van der Waals surface area contributed by atoms with Crippen LogP contribution in [-0.2, 0) is 29.2 Å². The van der Waals surface area contributed by atoms with Gasteiger partial charge in [-0.15, -0.1) is 0 Å². The Morgan fingerprint density at radius 3 is 2.22 bits per heavy atom. The number of carbonyl (C=O) groups is 1. The number of hydrogen-bond donors (Lipinski definition) is 3. The predicted octanol–water partition coefficient (Wildman–Crippen LogP) is 8.36. The van der Waals surface area contributed by atoms with E-state index in [-0.39, 0.29) is 35.5 Å². The average Bonchev–Trinajstić information content (AvgIpc) is 3.42. The molecule has 256 valence electrons. The minimum atomic E-state index is -0.628. The molecule has 2 heterocycles. The Kier molecular flexibility index (Phi) is 9.18. The summed E-state index contributed by atoms with van der Waals surface area (Å²) in [4.78, 5) is 17.3. The zero-order valence-electron chi connectivity index (χ0n) is 27.4. The molecule has 49 heavy (non-hydrogen) atoms. The van der Waals surface area contributed by atoms with Crippen molar-refractivity contribution in [2.75, 3.05) is 0 Å². The van der Waals surface area contributed by atoms with Gasteiger partial charge in [-0.3, -0.25) is 0 Å². The highest BCUT2D eigenvalue weighted by molar-refractivity contribution is 6.40. The number of hydrogen-bond acceptors (Lipinski definition) is 5. The molecule has 5 fully saturated rings. The van der Waals surface area contributed by atoms with Crippen LogP contribution in [-0.4, -0.2) is 32.3 Å². The summed E-state index contributed by atoms with van der Waals surface area (Å²) in [5.74, 6) is 2.36. The highest BCUT2D eigenvalue weighted by atomic mass is 35.5. The van der Waals surface area contributed by atoms with Crippen LogP contribution in [0.3, 0.4) is 0 Å². The second-order valence-electron chi connectivity index (χ2n) is 14.7. The molecule has 3 atom stereocenters. The van der Waals surface area contributed by atoms with Gasteiger partial charge in [0.1, 0.15) is 5.15 Å². The van der Waals surface area contributed by atoms with Crippen LogP contribution in [0.2, 0.25) is 10.3 Å². The Morgan fingerprint density at radius 2 is 1.55 bits per heavy atom. The maximum Gasteiger partial charge on any atom is 0.315 e. The van der Waals surface area contributed by atoms with E-state index in [1.807, 2.05) is 42.5 Å². The summed E-state index contributed by atoms with van der Waals surface area (Å²) in [6.07, 6.45) is 8.59. The van der Waals surface area contributed by atoms with E-state index in [1.165, 1.54) is 19.3 Å². The van der Waals surface area contributed by atoms with Crippen LogP contribution in [0.15, 0.2) is 79.1 Å². The van der Waals surface area contributed by atoms with Crippen LogP contribution in [0.4, 0.5) is 4.79 Å². The number of aliphatic hydroxyl groups excluding tert-OH is 1. The molecule has 4 aliphatic carbocycles. The standard InChI is InChI=1S/C39H42Cl2N4O4/c40-35-36(41)45(23-43-35)21-33-16-34(29-9-7-24(22-46)8-10-29)49-37(48-33)32-6-2-5-31(15-32)30-4-1-3-25(14-30)20-42-38(47)44-39-17-26-11-27(18-39)13-28(12-26)19-39/h1-10,14-15,23,26-28,33-34,37,46H,11-13,16-22H2,(H2,42,44,47)/t26?,27?,28?,33-,34+,37+,39?/m0/s1. The number of halogens is 2. The number of aliphatic hydroxyl groups is 1. The van der Waals surface area contributed by atoms with E-state index in [0.29, 0.717) is 24.7 Å². The van der Waals surface area contributed by atoms with E-state index in [4.69, 9.17) is 32.7 Å². The van der Waals surface area contributed by atoms with Crippen molar-refractivity contribution in [3.8, 4) is 11.1 Å². The number of aromatic nitrogens is 2. The van der Waals surface area contributed by atoms with Gasteiger partial charge in [-0.1, -0.05) is 83.9 Å². The number of ether oxygens (including phenoxy) is 2. The van der Waals surface area contributed by atoms with Gasteiger partial charge < -0.3 is 29.8 Å². The summed E-state index contributed by atoms with van der Waals surface area (Å²) in [7, 11) is 0. The van der Waals surface area contributed by atoms with Crippen LogP contribution in [0.25, 0.3) is 11.1 Å². The van der Waals surface area contributed by atoms with Gasteiger partial charge in [0.25, 0.3) is 0 Å². The first-order chi connectivity index (χ1) is 23.8. The SMILES string of the molecule is O=C(NCc1cccc(-c2cccc([C@@H]3O[C@H](Cn4cnc(Cl)c4Cl)C[C@H](c4ccc(CO)cc4)O3)c2)c1)NC12CC3CC(CC(C3)C1)C2. The summed E-state index contributed by atoms with van der Waals surface area (Å²) < 4.78 is 14.9. The van der Waals surface area contributed by atoms with Gasteiger partial charge in [0.2, 0.25) is 0 Å². The van der Waals surface area contributed by atoms with Crippen molar-refractivity contribution < 1.29 is 19.4 Å². The third-order valence-corrected chi connectivity index (χ3v) is 11.8. The first-order valence-electron chi connectivity index (χ1n) is 17.4. The number of urea groups is 1. The molecule has 0 unspecified atom stereocenters. The summed E-state index contributed by atoms with van der Waals surface area (Å²) in [6, 6.07) is 24.3. The summed E-state index contributed by atoms with van der Waals surface area (Å²) >= 11 is 12.5. The van der Waals surface area contributed by atoms with Gasteiger partial charge in [0.05, 0.1) is 31.7 Å². The summed E-state index contributed by atoms with van der Waals surface area (Å²) in [6.45, 7) is 0.911. The Balaban J connectivity index is 0.968. The van der Waals surface area contributed by atoms with Crippen molar-refractivity contribution in [1.29, 1.82) is 0 Å². The van der Waals surface area contributed by atoms with Crippen LogP contribution in [0.1, 0.15) is 79.6 Å². The van der Waals surface area contributed by atoms with Crippen molar-refractivity contribution in [2.24, 2.45) is 17.8 Å². The van der Waals surface area contributed by atoms with Crippen LogP contribution >= 0.6 is 23.2 Å². The number of nitrogens with one attached hydrogen (secondary N) is 2. The van der Waals surface area contributed by atoms with Gasteiger partial charge >= 0.3 is 6.03 Å². The molecule has 8 nitrogen and oxygen atoms in total. The fourth-order valence-corrected chi connectivity index (χ4v) is 9.49. The van der Waals surface area contributed by atoms with Gasteiger partial charge in [-0.05, 0) is 96.2 Å². The molecule has 0 spiro atoms. The van der Waals surface area contributed by atoms with E-state index in [0.717, 1.165) is 70.4 Å². The van der Waals surface area contributed by atoms with E-state index < -0.39 is 6.29 Å². The molecule has 5 aliphatic rings. The second-order valence-corrected chi connectivity index (χ2v) is 15.4. The number of carbonyl (C=O) groups excluding carboxylic acids is 1. The topological polar surface area (TPSA) is 97.6 Å². The molecule has 9 rings (SSSR count). The summed E-state index contributed by atoms with van der Waals surface area (Å²) in [5.41, 5.74) is 5.85. The monoisotopic (exact) mass is 700 g/mol. The molecule has 4 aromatic rings. The van der Waals surface area contributed by atoms with E-state index >= 15 is 0 Å². The third-order valence-electron chi connectivity index (χ3n) is 11.0. The normalized spacial score (nSPS) is 28.8. The largest absolute Gasteiger partial charge is 0.392 e. The van der Waals surface area contributed by atoms with E-state index in [1.54, 1.807) is 10.9 Å². The molecule has 10 heteroatoms. The first kappa shape index (κ1) is 32.8. The van der Waals surface area contributed by atoms with Crippen LogP contribution < -0.4 is 10.6 Å². The number of benzene rings is 3. The third kappa shape index (κ3) is 7.12. The molecular weight excluding hydrogens is 659 g/mol. The summed E-state index contributed by atoms with van der Waals surface area (Å²) in [5, 5.41) is 16.7. The maximum atomic E-state index is 13.1. The molecule has 1 aromatic heterocycles. The molecule has 3 N–H and O–H groups in total. The number of rotatable bonds is 9. The lowest BCUT2D eigenvalue weighted by molar-refractivity contribution is -0.252. The minimum absolute atomic E-state index is 0.0106. The molecule has 4 bridgehead atoms. The van der Waals surface area contributed by atoms with Gasteiger partial charge in [0, 0.05) is 24.1 Å². The van der Waals surface area contributed by atoms with E-state index in [9.17, 15) is 9.90 Å². The fraction of sp³-hybridized carbons (Fsp3) is 0.436. The lowest BCUT2D eigenvalue weighted by Gasteiger charge is -2.56. The van der Waals surface area contributed by atoms with Crippen molar-refractivity contribution in [3.05, 3.63) is 112 Å². The molecule has 1 aliphatic heterocycles. The molecule has 2 amide bonds. The fourth-order valence-electron chi connectivity index (χ4n) is 9.18. The van der Waals surface area contributed by atoms with Crippen molar-refractivity contribution >= 4 is 29.2 Å². The Morgan fingerprint density at radius 1 is 0.857 bits per heavy atom. The van der Waals surface area contributed by atoms with Gasteiger partial charge in [-0.25, -0.2) is 9.78 Å². The highest BCUT2D eigenvalue weighted by Gasteiger charge is 2.51. The van der Waals surface area contributed by atoms with Crippen molar-refractivity contribution in [1.82, 2.24) is 20.2 Å². The van der Waals surface area contributed by atoms with Crippen LogP contribution in [0, 0.1) is 17.8 Å². The molecular formula is C39H42Cl2N4O4. The van der Waals surface area contributed by atoms with Crippen molar-refractivity contribution in [3.63, 3.8) is 0 Å².